The van der Waals surface area contributed by atoms with Crippen molar-refractivity contribution in [2.45, 2.75) is 52.6 Å². The number of phenols is 1. The Balaban J connectivity index is 0.000000259. The summed E-state index contributed by atoms with van der Waals surface area (Å²) in [5.41, 5.74) is 4.17. The summed E-state index contributed by atoms with van der Waals surface area (Å²) < 4.78 is 10.2. The van der Waals surface area contributed by atoms with E-state index >= 15 is 0 Å². The average molecular weight is 698 g/mol. The first-order valence-electron chi connectivity index (χ1n) is 16.4. The molecule has 2 aromatic heterocycles. The molecule has 264 valence electrons. The van der Waals surface area contributed by atoms with Crippen molar-refractivity contribution in [1.29, 1.82) is 0 Å². The van der Waals surface area contributed by atoms with Gasteiger partial charge in [0.1, 0.15) is 11.4 Å². The van der Waals surface area contributed by atoms with Crippen molar-refractivity contribution in [2.75, 3.05) is 31.6 Å². The van der Waals surface area contributed by atoms with Gasteiger partial charge in [-0.05, 0) is 106 Å². The van der Waals surface area contributed by atoms with Gasteiger partial charge in [-0.25, -0.2) is 9.59 Å². The van der Waals surface area contributed by atoms with Crippen LogP contribution in [0.15, 0.2) is 96.6 Å². The number of piperidine rings is 1. The number of H-pyrrole nitrogens is 1. The molecule has 4 N–H and O–H groups in total. The molecule has 4 aromatic rings. The predicted molar refractivity (Wildman–Crippen MR) is 201 cm³/mol. The molecule has 0 unspecified atom stereocenters. The number of rotatable bonds is 8. The topological polar surface area (TPSA) is 129 Å². The number of nitrogens with zero attached hydrogens (tertiary/aromatic N) is 2. The Bertz CT molecular complexity index is 1710. The zero-order chi connectivity index (χ0) is 36.4. The van der Waals surface area contributed by atoms with Crippen LogP contribution < -0.4 is 10.6 Å². The predicted octanol–water partition coefficient (Wildman–Crippen LogP) is 8.17. The highest BCUT2D eigenvalue weighted by Gasteiger charge is 2.18. The first-order chi connectivity index (χ1) is 24.0. The normalized spacial score (nSPS) is 12.0. The van der Waals surface area contributed by atoms with Crippen LogP contribution in [-0.2, 0) is 9.47 Å². The smallest absolute Gasteiger partial charge is 0.407 e. The van der Waals surface area contributed by atoms with Crippen LogP contribution in [0, 0.1) is 11.8 Å². The highest BCUT2D eigenvalue weighted by Crippen LogP contribution is 2.31. The van der Waals surface area contributed by atoms with Crippen molar-refractivity contribution in [3.63, 3.8) is 0 Å². The van der Waals surface area contributed by atoms with Crippen LogP contribution in [-0.4, -0.2) is 64.1 Å². The summed E-state index contributed by atoms with van der Waals surface area (Å²) in [6.07, 6.45) is 6.53. The number of hydrogen-bond acceptors (Lipinski definition) is 9. The molecule has 0 bridgehead atoms. The Morgan fingerprint density at radius 1 is 1.08 bits per heavy atom. The first-order valence-corrected chi connectivity index (χ1v) is 17.3. The standard InChI is InChI=1S/C22H19N3O3.C13H24N2O2.C4H4S/c1-3-23-18-10-6-15(7-11-18)5-8-17-14-24-25-21(17)19-13-16(9-12-20(19)26)22(27)28-4-2;1-11(15-8-6-5-7-9-15)10-14-12(16)17-13(2,3)4;1-2-4-5-3-1/h3,6-7,9-14,23,26H,1,4H2,2H3,(H,24,25);1,5-10H2,2-4H3,(H,14,16);1-4H. The number of amides is 1. The number of carbonyl (C=O) groups is 2. The quantitative estimate of drug-likeness (QED) is 0.107. The van der Waals surface area contributed by atoms with Gasteiger partial charge in [0, 0.05) is 35.6 Å². The summed E-state index contributed by atoms with van der Waals surface area (Å²) in [7, 11) is 0. The molecule has 1 aliphatic heterocycles. The Morgan fingerprint density at radius 3 is 2.38 bits per heavy atom. The molecule has 11 heteroatoms. The van der Waals surface area contributed by atoms with Crippen LogP contribution in [0.5, 0.6) is 5.75 Å². The molecule has 5 rings (SSSR count). The van der Waals surface area contributed by atoms with E-state index in [0.29, 0.717) is 28.9 Å². The summed E-state index contributed by atoms with van der Waals surface area (Å²) in [5.74, 6) is 5.68. The Hall–Kier alpha value is -5.47. The molecular weight excluding hydrogens is 651 g/mol. The van der Waals surface area contributed by atoms with Crippen molar-refractivity contribution in [3.8, 4) is 28.8 Å². The molecule has 0 spiro atoms. The number of alkyl carbamates (subject to hydrolysis) is 1. The van der Waals surface area contributed by atoms with Gasteiger partial charge in [-0.2, -0.15) is 16.4 Å². The van der Waals surface area contributed by atoms with Crippen molar-refractivity contribution >= 4 is 29.1 Å². The minimum absolute atomic E-state index is 0.0141. The lowest BCUT2D eigenvalue weighted by molar-refractivity contribution is 0.0517. The lowest BCUT2D eigenvalue weighted by Crippen LogP contribution is -2.38. The van der Waals surface area contributed by atoms with Gasteiger partial charge in [-0.15, -0.1) is 0 Å². The number of benzene rings is 2. The second kappa shape index (κ2) is 20.1. The minimum atomic E-state index is -0.455. The van der Waals surface area contributed by atoms with E-state index < -0.39 is 11.6 Å². The van der Waals surface area contributed by atoms with Crippen LogP contribution in [0.3, 0.4) is 0 Å². The van der Waals surface area contributed by atoms with E-state index in [1.54, 1.807) is 36.7 Å². The minimum Gasteiger partial charge on any atom is -0.507 e. The maximum absolute atomic E-state index is 12.0. The summed E-state index contributed by atoms with van der Waals surface area (Å²) in [6, 6.07) is 16.1. The third kappa shape index (κ3) is 13.6. The van der Waals surface area contributed by atoms with Crippen LogP contribution in [0.25, 0.3) is 11.3 Å². The third-order valence-electron chi connectivity index (χ3n) is 6.98. The second-order valence-electron chi connectivity index (χ2n) is 12.0. The van der Waals surface area contributed by atoms with Crippen LogP contribution >= 0.6 is 11.3 Å². The summed E-state index contributed by atoms with van der Waals surface area (Å²) in [6.45, 7) is 17.8. The van der Waals surface area contributed by atoms with Crippen molar-refractivity contribution in [1.82, 2.24) is 20.4 Å². The number of aromatic hydroxyl groups is 1. The summed E-state index contributed by atoms with van der Waals surface area (Å²) >= 11 is 1.71. The SMILES string of the molecule is C=C(CNC(=O)OC(C)(C)C)N1CCCCC1.C=CNc1ccc(C#Cc2cn[nH]c2-c2cc(C(=O)OCC)ccc2O)cc1.c1ccsc1. The fourth-order valence-corrected chi connectivity index (χ4v) is 5.06. The van der Waals surface area contributed by atoms with Gasteiger partial charge in [-0.3, -0.25) is 5.10 Å². The number of phenolic OH excluding ortho intramolecular Hbond substituents is 1. The number of nitrogens with one attached hydrogen (secondary N) is 3. The van der Waals surface area contributed by atoms with Crippen molar-refractivity contribution in [3.05, 3.63) is 113 Å². The molecule has 1 amide bonds. The molecule has 0 saturated carbocycles. The van der Waals surface area contributed by atoms with Gasteiger partial charge in [-0.1, -0.05) is 37.1 Å². The van der Waals surface area contributed by atoms with Gasteiger partial charge in [0.2, 0.25) is 0 Å². The average Bonchev–Trinajstić information content (AvgIpc) is 3.84. The van der Waals surface area contributed by atoms with E-state index in [4.69, 9.17) is 9.47 Å². The Morgan fingerprint density at radius 2 is 1.78 bits per heavy atom. The van der Waals surface area contributed by atoms with Gasteiger partial charge in [0.05, 0.1) is 36.2 Å². The number of carbonyl (C=O) groups excluding carboxylic acids is 2. The van der Waals surface area contributed by atoms with E-state index in [9.17, 15) is 14.7 Å². The van der Waals surface area contributed by atoms with Crippen LogP contribution in [0.1, 0.15) is 68.4 Å². The Labute approximate surface area is 299 Å². The molecule has 1 fully saturated rings. The fourth-order valence-electron chi connectivity index (χ4n) is 4.61. The molecule has 10 nitrogen and oxygen atoms in total. The third-order valence-corrected chi connectivity index (χ3v) is 7.60. The number of esters is 1. The maximum atomic E-state index is 12.0. The summed E-state index contributed by atoms with van der Waals surface area (Å²) in [4.78, 5) is 25.7. The zero-order valence-corrected chi connectivity index (χ0v) is 30.1. The molecular formula is C39H47N5O5S. The maximum Gasteiger partial charge on any atom is 0.407 e. The largest absolute Gasteiger partial charge is 0.507 e. The number of likely N-dealkylation sites (tertiary alicyclic amines) is 1. The highest BCUT2D eigenvalue weighted by molar-refractivity contribution is 7.07. The van der Waals surface area contributed by atoms with E-state index in [-0.39, 0.29) is 18.4 Å². The van der Waals surface area contributed by atoms with E-state index in [1.165, 1.54) is 31.4 Å². The highest BCUT2D eigenvalue weighted by atomic mass is 32.1. The van der Waals surface area contributed by atoms with E-state index in [0.717, 1.165) is 30.0 Å². The number of thiophene rings is 1. The van der Waals surface area contributed by atoms with Gasteiger partial charge in [0.15, 0.2) is 0 Å². The fraction of sp³-hybridized carbons (Fsp3) is 0.308. The molecule has 2 aromatic carbocycles. The molecule has 3 heterocycles. The summed E-state index contributed by atoms with van der Waals surface area (Å²) in [5, 5.41) is 26.9. The Kier molecular flexibility index (Phi) is 15.7. The first kappa shape index (κ1) is 39.0. The molecule has 1 aliphatic rings. The molecule has 0 aliphatic carbocycles. The zero-order valence-electron chi connectivity index (χ0n) is 29.3. The second-order valence-corrected chi connectivity index (χ2v) is 12.9. The van der Waals surface area contributed by atoms with Gasteiger partial charge < -0.3 is 30.1 Å². The van der Waals surface area contributed by atoms with Crippen LogP contribution in [0.2, 0.25) is 0 Å². The number of hydrogen-bond donors (Lipinski definition) is 4. The number of aromatic nitrogens is 2. The number of anilines is 1. The number of aromatic amines is 1. The number of ether oxygens (including phenoxy) is 2. The molecule has 1 saturated heterocycles. The van der Waals surface area contributed by atoms with Gasteiger partial charge >= 0.3 is 12.1 Å². The monoisotopic (exact) mass is 697 g/mol. The van der Waals surface area contributed by atoms with Crippen molar-refractivity contribution < 1.29 is 24.2 Å². The van der Waals surface area contributed by atoms with Crippen molar-refractivity contribution in [2.24, 2.45) is 0 Å². The van der Waals surface area contributed by atoms with Gasteiger partial charge in [0.25, 0.3) is 0 Å². The van der Waals surface area contributed by atoms with Crippen LogP contribution in [0.4, 0.5) is 10.5 Å². The molecule has 0 atom stereocenters. The van der Waals surface area contributed by atoms with E-state index in [1.807, 2.05) is 67.9 Å². The molecule has 0 radical (unpaired) electrons. The molecule has 50 heavy (non-hydrogen) atoms. The lowest BCUT2D eigenvalue weighted by atomic mass is 10.0. The lowest BCUT2D eigenvalue weighted by Gasteiger charge is -2.30. The van der Waals surface area contributed by atoms with E-state index in [2.05, 4.69) is 50.7 Å².